The molecule has 0 radical (unpaired) electrons. The van der Waals surface area contributed by atoms with Gasteiger partial charge in [-0.25, -0.2) is 0 Å². The first-order valence-electron chi connectivity index (χ1n) is 7.14. The molecule has 1 N–H and O–H groups in total. The number of likely N-dealkylation sites (tertiary alicyclic amines) is 1. The molecule has 130 valence electrons. The van der Waals surface area contributed by atoms with Gasteiger partial charge < -0.3 is 19.7 Å². The van der Waals surface area contributed by atoms with Crippen molar-refractivity contribution in [1.82, 2.24) is 10.2 Å². The summed E-state index contributed by atoms with van der Waals surface area (Å²) in [6.07, 6.45) is 1.79. The molecular formula is C15H21ClF2N2O3. The SMILES string of the molecule is CNC1CCN(C(=O)c2ccc(OC(F)F)c(OC)c2)CC1.Cl. The minimum Gasteiger partial charge on any atom is -0.493 e. The fraction of sp³-hybridized carbons (Fsp3) is 0.533. The average molecular weight is 351 g/mol. The molecule has 0 aliphatic carbocycles. The van der Waals surface area contributed by atoms with Crippen LogP contribution in [0.5, 0.6) is 11.5 Å². The highest BCUT2D eigenvalue weighted by Crippen LogP contribution is 2.30. The van der Waals surface area contributed by atoms with Crippen LogP contribution in [-0.4, -0.2) is 50.7 Å². The van der Waals surface area contributed by atoms with Crippen molar-refractivity contribution in [2.45, 2.75) is 25.5 Å². The normalized spacial score (nSPS) is 15.3. The first-order valence-corrected chi connectivity index (χ1v) is 7.14. The minimum absolute atomic E-state index is 0. The van der Waals surface area contributed by atoms with Crippen molar-refractivity contribution in [3.8, 4) is 11.5 Å². The Morgan fingerprint density at radius 1 is 1.30 bits per heavy atom. The molecule has 0 bridgehead atoms. The van der Waals surface area contributed by atoms with E-state index in [1.54, 1.807) is 4.90 Å². The van der Waals surface area contributed by atoms with Crippen molar-refractivity contribution >= 4 is 18.3 Å². The molecule has 2 rings (SSSR count). The first kappa shape index (κ1) is 19.4. The molecule has 1 amide bonds. The van der Waals surface area contributed by atoms with Gasteiger partial charge >= 0.3 is 6.61 Å². The van der Waals surface area contributed by atoms with Crippen molar-refractivity contribution in [2.24, 2.45) is 0 Å². The molecule has 1 aromatic carbocycles. The summed E-state index contributed by atoms with van der Waals surface area (Å²) in [5.74, 6) is -0.0874. The maximum absolute atomic E-state index is 12.5. The van der Waals surface area contributed by atoms with E-state index < -0.39 is 6.61 Å². The van der Waals surface area contributed by atoms with E-state index in [1.165, 1.54) is 25.3 Å². The Morgan fingerprint density at radius 2 is 1.96 bits per heavy atom. The molecule has 1 fully saturated rings. The molecule has 1 aromatic rings. The van der Waals surface area contributed by atoms with Crippen LogP contribution in [0.3, 0.4) is 0 Å². The lowest BCUT2D eigenvalue weighted by Gasteiger charge is -2.32. The number of carbonyl (C=O) groups excluding carboxylic acids is 1. The zero-order valence-electron chi connectivity index (χ0n) is 13.1. The lowest BCUT2D eigenvalue weighted by molar-refractivity contribution is -0.0512. The van der Waals surface area contributed by atoms with Gasteiger partial charge in [0.05, 0.1) is 7.11 Å². The van der Waals surface area contributed by atoms with Gasteiger partial charge in [0.2, 0.25) is 0 Å². The Morgan fingerprint density at radius 3 is 2.48 bits per heavy atom. The van der Waals surface area contributed by atoms with Crippen LogP contribution in [0.1, 0.15) is 23.2 Å². The van der Waals surface area contributed by atoms with E-state index in [0.29, 0.717) is 24.7 Å². The molecule has 1 aliphatic heterocycles. The number of carbonyl (C=O) groups is 1. The van der Waals surface area contributed by atoms with E-state index >= 15 is 0 Å². The highest BCUT2D eigenvalue weighted by atomic mass is 35.5. The third-order valence-corrected chi connectivity index (χ3v) is 3.82. The molecule has 1 aliphatic rings. The van der Waals surface area contributed by atoms with E-state index in [1.807, 2.05) is 7.05 Å². The van der Waals surface area contributed by atoms with Gasteiger partial charge in [-0.3, -0.25) is 4.79 Å². The van der Waals surface area contributed by atoms with Crippen molar-refractivity contribution in [3.63, 3.8) is 0 Å². The highest BCUT2D eigenvalue weighted by molar-refractivity contribution is 5.95. The molecule has 23 heavy (non-hydrogen) atoms. The van der Waals surface area contributed by atoms with Crippen molar-refractivity contribution in [2.75, 3.05) is 27.2 Å². The largest absolute Gasteiger partial charge is 0.493 e. The van der Waals surface area contributed by atoms with Gasteiger partial charge in [-0.05, 0) is 38.1 Å². The van der Waals surface area contributed by atoms with Crippen molar-refractivity contribution < 1.29 is 23.0 Å². The summed E-state index contributed by atoms with van der Waals surface area (Å²) in [6.45, 7) is -1.60. The topological polar surface area (TPSA) is 50.8 Å². The zero-order valence-corrected chi connectivity index (χ0v) is 13.9. The molecular weight excluding hydrogens is 330 g/mol. The minimum atomic E-state index is -2.93. The van der Waals surface area contributed by atoms with E-state index in [2.05, 4.69) is 10.1 Å². The van der Waals surface area contributed by atoms with Crippen LogP contribution in [0.15, 0.2) is 18.2 Å². The van der Waals surface area contributed by atoms with Gasteiger partial charge in [-0.2, -0.15) is 8.78 Å². The zero-order chi connectivity index (χ0) is 16.1. The second kappa shape index (κ2) is 8.88. The number of nitrogens with one attached hydrogen (secondary N) is 1. The number of piperidine rings is 1. The Balaban J connectivity index is 0.00000264. The number of nitrogens with zero attached hydrogens (tertiary/aromatic N) is 1. The van der Waals surface area contributed by atoms with E-state index in [4.69, 9.17) is 4.74 Å². The number of benzene rings is 1. The lowest BCUT2D eigenvalue weighted by atomic mass is 10.0. The van der Waals surface area contributed by atoms with Gasteiger partial charge in [-0.15, -0.1) is 12.4 Å². The Bertz CT molecular complexity index is 523. The first-order chi connectivity index (χ1) is 10.5. The monoisotopic (exact) mass is 350 g/mol. The maximum Gasteiger partial charge on any atom is 0.387 e. The number of rotatable bonds is 5. The van der Waals surface area contributed by atoms with Crippen LogP contribution in [0, 0.1) is 0 Å². The summed E-state index contributed by atoms with van der Waals surface area (Å²) in [7, 11) is 3.26. The van der Waals surface area contributed by atoms with Gasteiger partial charge in [-0.1, -0.05) is 0 Å². The summed E-state index contributed by atoms with van der Waals surface area (Å²) in [4.78, 5) is 14.2. The molecule has 0 spiro atoms. The standard InChI is InChI=1S/C15H20F2N2O3.ClH/c1-18-11-5-7-19(8-6-11)14(20)10-3-4-12(22-15(16)17)13(9-10)21-2;/h3-4,9,11,15,18H,5-8H2,1-2H3;1H. The Hall–Kier alpha value is -1.60. The smallest absolute Gasteiger partial charge is 0.387 e. The summed E-state index contributed by atoms with van der Waals surface area (Å²) >= 11 is 0. The number of alkyl halides is 2. The molecule has 0 aromatic heterocycles. The molecule has 1 saturated heterocycles. The maximum atomic E-state index is 12.5. The lowest BCUT2D eigenvalue weighted by Crippen LogP contribution is -2.43. The average Bonchev–Trinajstić information content (AvgIpc) is 2.54. The Labute approximate surface area is 140 Å². The van der Waals surface area contributed by atoms with Crippen LogP contribution >= 0.6 is 12.4 Å². The van der Waals surface area contributed by atoms with Gasteiger partial charge in [0.15, 0.2) is 11.5 Å². The third kappa shape index (κ3) is 4.94. The van der Waals surface area contributed by atoms with Crippen LogP contribution in [0.2, 0.25) is 0 Å². The predicted octanol–water partition coefficient (Wildman–Crippen LogP) is 2.54. The third-order valence-electron chi connectivity index (χ3n) is 3.82. The summed E-state index contributed by atoms with van der Waals surface area (Å²) in [5.41, 5.74) is 0.404. The van der Waals surface area contributed by atoms with Crippen LogP contribution in [0.25, 0.3) is 0 Å². The fourth-order valence-corrected chi connectivity index (χ4v) is 2.55. The number of hydrogen-bond donors (Lipinski definition) is 1. The number of amides is 1. The van der Waals surface area contributed by atoms with Crippen LogP contribution in [0.4, 0.5) is 8.78 Å². The quantitative estimate of drug-likeness (QED) is 0.886. The summed E-state index contributed by atoms with van der Waals surface area (Å²) in [5, 5.41) is 3.20. The van der Waals surface area contributed by atoms with Gasteiger partial charge in [0.25, 0.3) is 5.91 Å². The number of methoxy groups -OCH3 is 1. The molecule has 1 heterocycles. The number of hydrogen-bond acceptors (Lipinski definition) is 4. The van der Waals surface area contributed by atoms with E-state index in [9.17, 15) is 13.6 Å². The van der Waals surface area contributed by atoms with Crippen molar-refractivity contribution in [1.29, 1.82) is 0 Å². The Kier molecular flexibility index (Phi) is 7.51. The van der Waals surface area contributed by atoms with E-state index in [-0.39, 0.29) is 29.8 Å². The molecule has 5 nitrogen and oxygen atoms in total. The fourth-order valence-electron chi connectivity index (χ4n) is 2.55. The molecule has 8 heteroatoms. The summed E-state index contributed by atoms with van der Waals surface area (Å²) < 4.78 is 34.0. The van der Waals surface area contributed by atoms with Gasteiger partial charge in [0, 0.05) is 24.7 Å². The predicted molar refractivity (Wildman–Crippen MR) is 84.9 cm³/mol. The molecule has 0 atom stereocenters. The summed E-state index contributed by atoms with van der Waals surface area (Å²) in [6, 6.07) is 4.68. The van der Waals surface area contributed by atoms with Crippen LogP contribution < -0.4 is 14.8 Å². The second-order valence-electron chi connectivity index (χ2n) is 5.10. The number of halogens is 3. The molecule has 0 unspecified atom stereocenters. The second-order valence-corrected chi connectivity index (χ2v) is 5.10. The highest BCUT2D eigenvalue weighted by Gasteiger charge is 2.23. The van der Waals surface area contributed by atoms with Crippen LogP contribution in [-0.2, 0) is 0 Å². The molecule has 0 saturated carbocycles. The van der Waals surface area contributed by atoms with Gasteiger partial charge in [0.1, 0.15) is 0 Å². The van der Waals surface area contributed by atoms with E-state index in [0.717, 1.165) is 12.8 Å². The number of ether oxygens (including phenoxy) is 2. The van der Waals surface area contributed by atoms with Crippen molar-refractivity contribution in [3.05, 3.63) is 23.8 Å².